The minimum Gasteiger partial charge on any atom is -0.497 e. The average molecular weight is 381 g/mol. The summed E-state index contributed by atoms with van der Waals surface area (Å²) in [4.78, 5) is 8.52. The molecule has 0 atom stereocenters. The first kappa shape index (κ1) is 17.2. The SMILES string of the molecule is COc1ccc(Cn2cc(-c3csc(Nc4ccc(F)cn4)n3)cn2)cc1. The lowest BCUT2D eigenvalue weighted by Gasteiger charge is -2.03. The Morgan fingerprint density at radius 3 is 2.74 bits per heavy atom. The number of hydrogen-bond donors (Lipinski definition) is 1. The molecule has 1 N–H and O–H groups in total. The summed E-state index contributed by atoms with van der Waals surface area (Å²) in [5.41, 5.74) is 2.89. The van der Waals surface area contributed by atoms with Crippen LogP contribution < -0.4 is 10.1 Å². The first-order valence-electron chi connectivity index (χ1n) is 8.19. The van der Waals surface area contributed by atoms with Crippen LogP contribution in [0.1, 0.15) is 5.56 Å². The second kappa shape index (κ2) is 7.55. The molecule has 0 saturated heterocycles. The smallest absolute Gasteiger partial charge is 0.188 e. The predicted octanol–water partition coefficient (Wildman–Crippen LogP) is 4.34. The molecule has 0 aliphatic rings. The summed E-state index contributed by atoms with van der Waals surface area (Å²) in [5, 5.41) is 10.1. The zero-order valence-corrected chi connectivity index (χ0v) is 15.3. The van der Waals surface area contributed by atoms with Crippen molar-refractivity contribution in [3.63, 3.8) is 0 Å². The van der Waals surface area contributed by atoms with E-state index in [1.165, 1.54) is 23.6 Å². The van der Waals surface area contributed by atoms with Gasteiger partial charge >= 0.3 is 0 Å². The van der Waals surface area contributed by atoms with Crippen LogP contribution in [0.3, 0.4) is 0 Å². The molecule has 0 saturated carbocycles. The molecule has 3 heterocycles. The Kier molecular flexibility index (Phi) is 4.80. The Hall–Kier alpha value is -3.26. The van der Waals surface area contributed by atoms with Crippen molar-refractivity contribution >= 4 is 22.3 Å². The van der Waals surface area contributed by atoms with E-state index >= 15 is 0 Å². The highest BCUT2D eigenvalue weighted by Gasteiger charge is 2.08. The number of anilines is 2. The van der Waals surface area contributed by atoms with E-state index in [1.807, 2.05) is 40.5 Å². The summed E-state index contributed by atoms with van der Waals surface area (Å²) >= 11 is 1.45. The van der Waals surface area contributed by atoms with Gasteiger partial charge in [0.1, 0.15) is 17.4 Å². The van der Waals surface area contributed by atoms with Crippen LogP contribution in [0.4, 0.5) is 15.3 Å². The van der Waals surface area contributed by atoms with E-state index in [-0.39, 0.29) is 5.82 Å². The van der Waals surface area contributed by atoms with Gasteiger partial charge in [0, 0.05) is 17.1 Å². The van der Waals surface area contributed by atoms with Gasteiger partial charge in [-0.15, -0.1) is 11.3 Å². The fraction of sp³-hybridized carbons (Fsp3) is 0.105. The zero-order chi connectivity index (χ0) is 18.6. The molecule has 3 aromatic heterocycles. The van der Waals surface area contributed by atoms with E-state index in [4.69, 9.17) is 4.74 Å². The van der Waals surface area contributed by atoms with Gasteiger partial charge in [0.05, 0.1) is 31.7 Å². The lowest BCUT2D eigenvalue weighted by molar-refractivity contribution is 0.414. The summed E-state index contributed by atoms with van der Waals surface area (Å²) in [5.74, 6) is 1.01. The number of hydrogen-bond acceptors (Lipinski definition) is 6. The van der Waals surface area contributed by atoms with Crippen LogP contribution >= 0.6 is 11.3 Å². The second-order valence-corrected chi connectivity index (χ2v) is 6.66. The van der Waals surface area contributed by atoms with Crippen molar-refractivity contribution in [1.82, 2.24) is 19.7 Å². The standard InChI is InChI=1S/C19H16FN5OS/c1-26-16-5-2-13(3-6-16)10-25-11-14(8-22-25)17-12-27-19(23-17)24-18-7-4-15(20)9-21-18/h2-9,11-12H,10H2,1H3,(H,21,23,24). The van der Waals surface area contributed by atoms with E-state index in [0.29, 0.717) is 17.5 Å². The zero-order valence-electron chi connectivity index (χ0n) is 14.5. The lowest BCUT2D eigenvalue weighted by Crippen LogP contribution is -1.99. The molecule has 8 heteroatoms. The van der Waals surface area contributed by atoms with Crippen molar-refractivity contribution in [2.75, 3.05) is 12.4 Å². The van der Waals surface area contributed by atoms with Gasteiger partial charge in [-0.05, 0) is 29.8 Å². The van der Waals surface area contributed by atoms with Gasteiger partial charge < -0.3 is 10.1 Å². The van der Waals surface area contributed by atoms with Crippen LogP contribution in [0, 0.1) is 5.82 Å². The highest BCUT2D eigenvalue weighted by Crippen LogP contribution is 2.26. The number of rotatable bonds is 6. The fourth-order valence-electron chi connectivity index (χ4n) is 2.52. The van der Waals surface area contributed by atoms with Crippen LogP contribution in [0.2, 0.25) is 0 Å². The largest absolute Gasteiger partial charge is 0.497 e. The number of benzene rings is 1. The van der Waals surface area contributed by atoms with Gasteiger partial charge in [0.25, 0.3) is 0 Å². The molecular weight excluding hydrogens is 365 g/mol. The third kappa shape index (κ3) is 4.12. The van der Waals surface area contributed by atoms with Crippen molar-refractivity contribution in [1.29, 1.82) is 0 Å². The monoisotopic (exact) mass is 381 g/mol. The van der Waals surface area contributed by atoms with E-state index in [1.54, 1.807) is 19.4 Å². The molecule has 4 rings (SSSR count). The maximum absolute atomic E-state index is 12.9. The fourth-order valence-corrected chi connectivity index (χ4v) is 3.25. The first-order chi connectivity index (χ1) is 13.2. The summed E-state index contributed by atoms with van der Waals surface area (Å²) in [6.45, 7) is 0.665. The van der Waals surface area contributed by atoms with Crippen molar-refractivity contribution < 1.29 is 9.13 Å². The summed E-state index contributed by atoms with van der Waals surface area (Å²) in [7, 11) is 1.65. The van der Waals surface area contributed by atoms with E-state index in [0.717, 1.165) is 22.6 Å². The van der Waals surface area contributed by atoms with Crippen molar-refractivity contribution in [3.05, 3.63) is 71.7 Å². The topological polar surface area (TPSA) is 64.9 Å². The van der Waals surface area contributed by atoms with Crippen LogP contribution in [0.15, 0.2) is 60.4 Å². The number of nitrogens with zero attached hydrogens (tertiary/aromatic N) is 4. The van der Waals surface area contributed by atoms with Crippen molar-refractivity contribution in [2.45, 2.75) is 6.54 Å². The Labute approximate surface area is 159 Å². The van der Waals surface area contributed by atoms with E-state index in [2.05, 4.69) is 20.4 Å². The molecule has 6 nitrogen and oxygen atoms in total. The molecule has 0 amide bonds. The maximum atomic E-state index is 12.9. The predicted molar refractivity (Wildman–Crippen MR) is 103 cm³/mol. The Morgan fingerprint density at radius 1 is 1.15 bits per heavy atom. The minimum atomic E-state index is -0.371. The molecule has 4 aromatic rings. The van der Waals surface area contributed by atoms with E-state index in [9.17, 15) is 4.39 Å². The number of pyridine rings is 1. The van der Waals surface area contributed by atoms with Gasteiger partial charge in [0.2, 0.25) is 0 Å². The van der Waals surface area contributed by atoms with Crippen LogP contribution in [-0.2, 0) is 6.54 Å². The third-order valence-corrected chi connectivity index (χ3v) is 4.66. The number of thiazole rings is 1. The van der Waals surface area contributed by atoms with Gasteiger partial charge in [-0.25, -0.2) is 14.4 Å². The number of nitrogens with one attached hydrogen (secondary N) is 1. The van der Waals surface area contributed by atoms with Crippen molar-refractivity contribution in [3.8, 4) is 17.0 Å². The number of methoxy groups -OCH3 is 1. The molecule has 0 aliphatic heterocycles. The molecular formula is C19H16FN5OS. The molecule has 0 spiro atoms. The molecule has 1 aromatic carbocycles. The molecule has 0 aliphatic carbocycles. The molecule has 0 radical (unpaired) electrons. The average Bonchev–Trinajstić information content (AvgIpc) is 3.34. The van der Waals surface area contributed by atoms with Gasteiger partial charge in [-0.3, -0.25) is 4.68 Å². The summed E-state index contributed by atoms with van der Waals surface area (Å²) < 4.78 is 20.0. The highest BCUT2D eigenvalue weighted by molar-refractivity contribution is 7.14. The summed E-state index contributed by atoms with van der Waals surface area (Å²) in [6, 6.07) is 10.8. The lowest BCUT2D eigenvalue weighted by atomic mass is 10.2. The van der Waals surface area contributed by atoms with Crippen LogP contribution in [0.5, 0.6) is 5.75 Å². The quantitative estimate of drug-likeness (QED) is 0.538. The number of aromatic nitrogens is 4. The third-order valence-electron chi connectivity index (χ3n) is 3.90. The second-order valence-electron chi connectivity index (χ2n) is 5.80. The molecule has 27 heavy (non-hydrogen) atoms. The molecule has 0 unspecified atom stereocenters. The first-order valence-corrected chi connectivity index (χ1v) is 9.07. The molecule has 136 valence electrons. The Balaban J connectivity index is 1.45. The minimum absolute atomic E-state index is 0.371. The van der Waals surface area contributed by atoms with Gasteiger partial charge in [-0.2, -0.15) is 5.10 Å². The normalized spacial score (nSPS) is 10.7. The maximum Gasteiger partial charge on any atom is 0.188 e. The molecule has 0 bridgehead atoms. The van der Waals surface area contributed by atoms with Crippen LogP contribution in [0.25, 0.3) is 11.3 Å². The Bertz CT molecular complexity index is 1030. The summed E-state index contributed by atoms with van der Waals surface area (Å²) in [6.07, 6.45) is 4.91. The number of ether oxygens (including phenoxy) is 1. The Morgan fingerprint density at radius 2 is 2.00 bits per heavy atom. The van der Waals surface area contributed by atoms with E-state index < -0.39 is 0 Å². The van der Waals surface area contributed by atoms with Gasteiger partial charge in [-0.1, -0.05) is 12.1 Å². The van der Waals surface area contributed by atoms with Gasteiger partial charge in [0.15, 0.2) is 5.13 Å². The number of halogens is 1. The highest BCUT2D eigenvalue weighted by atomic mass is 32.1. The van der Waals surface area contributed by atoms with Crippen LogP contribution in [-0.4, -0.2) is 26.9 Å². The van der Waals surface area contributed by atoms with Crippen molar-refractivity contribution in [2.24, 2.45) is 0 Å². The molecule has 0 fully saturated rings.